The summed E-state index contributed by atoms with van der Waals surface area (Å²) in [6, 6.07) is 0.342. The van der Waals surface area contributed by atoms with Crippen LogP contribution in [-0.2, 0) is 4.74 Å². The second-order valence-electron chi connectivity index (χ2n) is 8.71. The molecule has 0 aromatic heterocycles. The number of amides is 1. The van der Waals surface area contributed by atoms with Gasteiger partial charge in [0.15, 0.2) is 5.96 Å². The van der Waals surface area contributed by atoms with Crippen molar-refractivity contribution in [2.24, 2.45) is 10.4 Å². The highest BCUT2D eigenvalue weighted by Crippen LogP contribution is 2.29. The summed E-state index contributed by atoms with van der Waals surface area (Å²) in [4.78, 5) is 20.9. The van der Waals surface area contributed by atoms with E-state index < -0.39 is 5.60 Å². The standard InChI is InChI=1S/C18H34N4O2/c1-17(2,3)24-16(23)22(14-7-8-14)12-10-20-15(19-6)21-11-9-18(4,5)13-21/h14H,7-13H2,1-6H3,(H,19,20). The Hall–Kier alpha value is -1.46. The summed E-state index contributed by atoms with van der Waals surface area (Å²) in [5.41, 5.74) is -0.108. The third-order valence-electron chi connectivity index (χ3n) is 4.44. The molecule has 138 valence electrons. The van der Waals surface area contributed by atoms with Crippen molar-refractivity contribution in [2.45, 2.75) is 65.5 Å². The summed E-state index contributed by atoms with van der Waals surface area (Å²) in [6.45, 7) is 13.7. The van der Waals surface area contributed by atoms with Crippen LogP contribution < -0.4 is 5.32 Å². The number of hydrogen-bond donors (Lipinski definition) is 1. The molecule has 0 aromatic carbocycles. The van der Waals surface area contributed by atoms with Crippen LogP contribution in [0.15, 0.2) is 4.99 Å². The van der Waals surface area contributed by atoms with Crippen LogP contribution >= 0.6 is 0 Å². The highest BCUT2D eigenvalue weighted by Gasteiger charge is 2.35. The molecule has 0 spiro atoms. The first-order valence-corrected chi connectivity index (χ1v) is 9.06. The lowest BCUT2D eigenvalue weighted by atomic mass is 9.93. The number of rotatable bonds is 4. The highest BCUT2D eigenvalue weighted by atomic mass is 16.6. The van der Waals surface area contributed by atoms with E-state index >= 15 is 0 Å². The minimum Gasteiger partial charge on any atom is -0.444 e. The van der Waals surface area contributed by atoms with E-state index in [-0.39, 0.29) is 6.09 Å². The second kappa shape index (κ2) is 7.19. The third-order valence-corrected chi connectivity index (χ3v) is 4.44. The Morgan fingerprint density at radius 2 is 2.04 bits per heavy atom. The lowest BCUT2D eigenvalue weighted by Gasteiger charge is -2.28. The number of likely N-dealkylation sites (tertiary alicyclic amines) is 1. The number of nitrogens with one attached hydrogen (secondary N) is 1. The molecule has 1 saturated carbocycles. The summed E-state index contributed by atoms with van der Waals surface area (Å²) >= 11 is 0. The largest absolute Gasteiger partial charge is 0.444 e. The van der Waals surface area contributed by atoms with E-state index in [4.69, 9.17) is 4.74 Å². The number of aliphatic imine (C=N–C) groups is 1. The Bertz CT molecular complexity index is 478. The van der Waals surface area contributed by atoms with Crippen molar-refractivity contribution in [3.8, 4) is 0 Å². The average Bonchev–Trinajstić information content (AvgIpc) is 3.20. The van der Waals surface area contributed by atoms with Gasteiger partial charge < -0.3 is 19.9 Å². The number of carbonyl (C=O) groups is 1. The highest BCUT2D eigenvalue weighted by molar-refractivity contribution is 5.80. The normalized spacial score (nSPS) is 20.9. The van der Waals surface area contributed by atoms with Gasteiger partial charge in [0, 0.05) is 39.3 Å². The van der Waals surface area contributed by atoms with E-state index in [0.717, 1.165) is 31.9 Å². The molecule has 1 N–H and O–H groups in total. The van der Waals surface area contributed by atoms with Gasteiger partial charge in [-0.2, -0.15) is 0 Å². The number of guanidine groups is 1. The zero-order valence-corrected chi connectivity index (χ0v) is 16.2. The Labute approximate surface area is 146 Å². The predicted octanol–water partition coefficient (Wildman–Crippen LogP) is 2.69. The van der Waals surface area contributed by atoms with Gasteiger partial charge in [-0.05, 0) is 45.4 Å². The lowest BCUT2D eigenvalue weighted by Crippen LogP contribution is -2.46. The summed E-state index contributed by atoms with van der Waals surface area (Å²) in [5.74, 6) is 0.931. The van der Waals surface area contributed by atoms with Crippen LogP contribution in [0.1, 0.15) is 53.9 Å². The molecule has 0 atom stereocenters. The van der Waals surface area contributed by atoms with E-state index in [2.05, 4.69) is 29.1 Å². The molecule has 2 rings (SSSR count). The summed E-state index contributed by atoms with van der Waals surface area (Å²) in [6.07, 6.45) is 3.13. The van der Waals surface area contributed by atoms with Gasteiger partial charge in [0.05, 0.1) is 0 Å². The molecule has 1 amide bonds. The van der Waals surface area contributed by atoms with Gasteiger partial charge in [0.2, 0.25) is 0 Å². The van der Waals surface area contributed by atoms with Crippen molar-refractivity contribution in [1.82, 2.24) is 15.1 Å². The van der Waals surface area contributed by atoms with Crippen molar-refractivity contribution in [1.29, 1.82) is 0 Å². The SMILES string of the molecule is CN=C(NCCN(C(=O)OC(C)(C)C)C1CC1)N1CCC(C)(C)C1. The Morgan fingerprint density at radius 1 is 1.38 bits per heavy atom. The Morgan fingerprint density at radius 3 is 2.50 bits per heavy atom. The first-order chi connectivity index (χ1) is 11.1. The van der Waals surface area contributed by atoms with Gasteiger partial charge in [-0.15, -0.1) is 0 Å². The molecule has 2 aliphatic rings. The fraction of sp³-hybridized carbons (Fsp3) is 0.889. The topological polar surface area (TPSA) is 57.2 Å². The van der Waals surface area contributed by atoms with Crippen molar-refractivity contribution in [3.05, 3.63) is 0 Å². The van der Waals surface area contributed by atoms with E-state index in [0.29, 0.717) is 24.5 Å². The molecule has 1 aliphatic heterocycles. The van der Waals surface area contributed by atoms with Crippen LogP contribution in [0.4, 0.5) is 4.79 Å². The summed E-state index contributed by atoms with van der Waals surface area (Å²) < 4.78 is 5.53. The first kappa shape index (κ1) is 18.9. The van der Waals surface area contributed by atoms with Crippen LogP contribution in [0.2, 0.25) is 0 Å². The zero-order valence-electron chi connectivity index (χ0n) is 16.2. The van der Waals surface area contributed by atoms with Gasteiger partial charge in [0.1, 0.15) is 5.60 Å². The van der Waals surface area contributed by atoms with Gasteiger partial charge in [-0.25, -0.2) is 4.79 Å². The maximum absolute atomic E-state index is 12.4. The van der Waals surface area contributed by atoms with Gasteiger partial charge >= 0.3 is 6.09 Å². The zero-order chi connectivity index (χ0) is 18.0. The predicted molar refractivity (Wildman–Crippen MR) is 97.3 cm³/mol. The summed E-state index contributed by atoms with van der Waals surface area (Å²) in [7, 11) is 1.82. The molecule has 2 fully saturated rings. The minimum absolute atomic E-state index is 0.205. The van der Waals surface area contributed by atoms with Crippen LogP contribution in [0.5, 0.6) is 0 Å². The lowest BCUT2D eigenvalue weighted by molar-refractivity contribution is 0.0237. The van der Waals surface area contributed by atoms with Crippen molar-refractivity contribution >= 4 is 12.1 Å². The quantitative estimate of drug-likeness (QED) is 0.632. The number of ether oxygens (including phenoxy) is 1. The molecule has 0 aromatic rings. The molecule has 1 heterocycles. The molecule has 0 unspecified atom stereocenters. The smallest absolute Gasteiger partial charge is 0.410 e. The summed E-state index contributed by atoms with van der Waals surface area (Å²) in [5, 5.41) is 3.41. The van der Waals surface area contributed by atoms with Crippen molar-refractivity contribution < 1.29 is 9.53 Å². The average molecular weight is 338 g/mol. The second-order valence-corrected chi connectivity index (χ2v) is 8.71. The maximum atomic E-state index is 12.4. The van der Waals surface area contributed by atoms with Crippen LogP contribution in [0.25, 0.3) is 0 Å². The molecular weight excluding hydrogens is 304 g/mol. The molecule has 24 heavy (non-hydrogen) atoms. The van der Waals surface area contributed by atoms with Crippen molar-refractivity contribution in [3.63, 3.8) is 0 Å². The first-order valence-electron chi connectivity index (χ1n) is 9.06. The van der Waals surface area contributed by atoms with Crippen LogP contribution in [-0.4, -0.2) is 66.7 Å². The Kier molecular flexibility index (Phi) is 5.66. The fourth-order valence-corrected chi connectivity index (χ4v) is 3.04. The molecule has 6 heteroatoms. The van der Waals surface area contributed by atoms with Crippen LogP contribution in [0.3, 0.4) is 0 Å². The number of carbonyl (C=O) groups excluding carboxylic acids is 1. The molecule has 1 saturated heterocycles. The van der Waals surface area contributed by atoms with Gasteiger partial charge in [-0.3, -0.25) is 4.99 Å². The molecule has 0 radical (unpaired) electrons. The van der Waals surface area contributed by atoms with E-state index in [9.17, 15) is 4.79 Å². The van der Waals surface area contributed by atoms with E-state index in [1.165, 1.54) is 6.42 Å². The molecule has 0 bridgehead atoms. The fourth-order valence-electron chi connectivity index (χ4n) is 3.04. The van der Waals surface area contributed by atoms with E-state index in [1.54, 1.807) is 0 Å². The van der Waals surface area contributed by atoms with Gasteiger partial charge in [-0.1, -0.05) is 13.8 Å². The molecule has 1 aliphatic carbocycles. The Balaban J connectivity index is 1.83. The third kappa shape index (κ3) is 5.56. The minimum atomic E-state index is -0.450. The maximum Gasteiger partial charge on any atom is 0.410 e. The van der Waals surface area contributed by atoms with E-state index in [1.807, 2.05) is 32.7 Å². The van der Waals surface area contributed by atoms with Gasteiger partial charge in [0.25, 0.3) is 0 Å². The number of hydrogen-bond acceptors (Lipinski definition) is 3. The van der Waals surface area contributed by atoms with Crippen molar-refractivity contribution in [2.75, 3.05) is 33.2 Å². The van der Waals surface area contributed by atoms with Crippen LogP contribution in [0, 0.1) is 5.41 Å². The number of nitrogens with zero attached hydrogens (tertiary/aromatic N) is 3. The molecular formula is C18H34N4O2. The molecule has 6 nitrogen and oxygen atoms in total. The monoisotopic (exact) mass is 338 g/mol.